The van der Waals surface area contributed by atoms with Crippen molar-refractivity contribution in [2.75, 3.05) is 49.7 Å². The molecule has 0 unspecified atom stereocenters. The number of hydrogen-bond acceptors (Lipinski definition) is 8. The number of aliphatic hydroxyl groups is 3. The first-order valence-electron chi connectivity index (χ1n) is 7.75. The third-order valence-corrected chi connectivity index (χ3v) is 4.20. The summed E-state index contributed by atoms with van der Waals surface area (Å²) in [7, 11) is 0. The van der Waals surface area contributed by atoms with Gasteiger partial charge in [-0.05, 0) is 6.07 Å². The third kappa shape index (κ3) is 7.25. The normalized spacial score (nSPS) is 10.5. The zero-order valence-corrected chi connectivity index (χ0v) is 16.0. The number of nitro groups is 1. The van der Waals surface area contributed by atoms with Gasteiger partial charge in [-0.25, -0.2) is 0 Å². The number of anilines is 2. The maximum atomic E-state index is 11.4. The van der Waals surface area contributed by atoms with Crippen LogP contribution in [-0.4, -0.2) is 64.9 Å². The molecular formula is C15H26ClN3O5S. The van der Waals surface area contributed by atoms with Crippen LogP contribution in [0.5, 0.6) is 0 Å². The lowest BCUT2D eigenvalue weighted by molar-refractivity contribution is -0.383. The van der Waals surface area contributed by atoms with Gasteiger partial charge in [-0.1, -0.05) is 13.8 Å². The van der Waals surface area contributed by atoms with Gasteiger partial charge in [0, 0.05) is 35.8 Å². The smallest absolute Gasteiger partial charge is 0.294 e. The largest absolute Gasteiger partial charge is 0.395 e. The third-order valence-electron chi connectivity index (χ3n) is 3.14. The average molecular weight is 396 g/mol. The molecule has 1 aromatic carbocycles. The van der Waals surface area contributed by atoms with Crippen LogP contribution in [-0.2, 0) is 0 Å². The van der Waals surface area contributed by atoms with Crippen molar-refractivity contribution >= 4 is 41.2 Å². The highest BCUT2D eigenvalue weighted by Gasteiger charge is 2.22. The summed E-state index contributed by atoms with van der Waals surface area (Å²) in [4.78, 5) is 13.5. The molecule has 0 aliphatic carbocycles. The zero-order valence-electron chi connectivity index (χ0n) is 14.3. The van der Waals surface area contributed by atoms with Gasteiger partial charge in [-0.15, -0.1) is 24.2 Å². The molecule has 1 rings (SSSR count). The Bertz CT molecular complexity index is 542. The molecule has 10 heteroatoms. The Balaban J connectivity index is 0.00000576. The van der Waals surface area contributed by atoms with Crippen molar-refractivity contribution in [3.05, 3.63) is 22.2 Å². The fourth-order valence-electron chi connectivity index (χ4n) is 2.23. The zero-order chi connectivity index (χ0) is 18.1. The van der Waals surface area contributed by atoms with E-state index in [0.717, 1.165) is 4.90 Å². The van der Waals surface area contributed by atoms with E-state index >= 15 is 0 Å². The molecule has 0 aromatic heterocycles. The average Bonchev–Trinajstić information content (AvgIpc) is 2.52. The summed E-state index contributed by atoms with van der Waals surface area (Å²) < 4.78 is 0. The van der Waals surface area contributed by atoms with Crippen LogP contribution in [0.3, 0.4) is 0 Å². The number of halogens is 1. The topological polar surface area (TPSA) is 119 Å². The number of benzene rings is 1. The summed E-state index contributed by atoms with van der Waals surface area (Å²) in [5.41, 5.74) is 0.847. The number of aliphatic hydroxyl groups excluding tert-OH is 3. The van der Waals surface area contributed by atoms with E-state index in [1.807, 2.05) is 13.8 Å². The predicted octanol–water partition coefficient (Wildman–Crippen LogP) is 1.71. The molecule has 8 nitrogen and oxygen atoms in total. The van der Waals surface area contributed by atoms with Gasteiger partial charge < -0.3 is 25.5 Å². The van der Waals surface area contributed by atoms with Crippen LogP contribution in [0.25, 0.3) is 0 Å². The second-order valence-electron chi connectivity index (χ2n) is 5.35. The second kappa shape index (κ2) is 12.2. The Labute approximate surface area is 157 Å². The standard InChI is InChI=1S/C15H25N3O5S.ClH/c1-11(2)24-15-9-12(16-3-6-19)13(18(22)23)10-14(15)17(4-7-20)5-8-21;/h9-11,16,19-21H,3-8H2,1-2H3;1H. The Kier molecular flexibility index (Phi) is 11.5. The molecule has 0 amide bonds. The highest BCUT2D eigenvalue weighted by Crippen LogP contribution is 2.40. The summed E-state index contributed by atoms with van der Waals surface area (Å²) >= 11 is 1.54. The van der Waals surface area contributed by atoms with Gasteiger partial charge in [0.1, 0.15) is 5.69 Å². The van der Waals surface area contributed by atoms with Crippen LogP contribution in [0.2, 0.25) is 0 Å². The van der Waals surface area contributed by atoms with E-state index < -0.39 is 4.92 Å². The van der Waals surface area contributed by atoms with Gasteiger partial charge in [0.2, 0.25) is 0 Å². The van der Waals surface area contributed by atoms with Crippen LogP contribution in [0.1, 0.15) is 13.8 Å². The number of nitrogens with one attached hydrogen (secondary N) is 1. The molecule has 144 valence electrons. The molecule has 4 N–H and O–H groups in total. The minimum atomic E-state index is -0.483. The highest BCUT2D eigenvalue weighted by molar-refractivity contribution is 8.00. The molecule has 0 bridgehead atoms. The molecule has 1 aromatic rings. The van der Waals surface area contributed by atoms with Crippen molar-refractivity contribution in [2.45, 2.75) is 24.0 Å². The lowest BCUT2D eigenvalue weighted by Gasteiger charge is -2.26. The van der Waals surface area contributed by atoms with E-state index in [0.29, 0.717) is 11.4 Å². The van der Waals surface area contributed by atoms with Crippen LogP contribution in [0.4, 0.5) is 17.1 Å². The predicted molar refractivity (Wildman–Crippen MR) is 103 cm³/mol. The molecule has 0 aliphatic heterocycles. The maximum absolute atomic E-state index is 11.4. The molecule has 0 fully saturated rings. The van der Waals surface area contributed by atoms with Crippen molar-refractivity contribution in [1.82, 2.24) is 0 Å². The number of rotatable bonds is 11. The van der Waals surface area contributed by atoms with Crippen molar-refractivity contribution in [3.63, 3.8) is 0 Å². The summed E-state index contributed by atoms with van der Waals surface area (Å²) in [5, 5.41) is 41.9. The van der Waals surface area contributed by atoms with E-state index in [4.69, 9.17) is 5.11 Å². The van der Waals surface area contributed by atoms with Gasteiger partial charge in [0.05, 0.1) is 30.4 Å². The molecule has 0 saturated carbocycles. The minimum absolute atomic E-state index is 0. The fourth-order valence-corrected chi connectivity index (χ4v) is 3.23. The number of nitrogens with zero attached hydrogens (tertiary/aromatic N) is 2. The van der Waals surface area contributed by atoms with E-state index in [2.05, 4.69) is 5.32 Å². The Morgan fingerprint density at radius 1 is 1.20 bits per heavy atom. The van der Waals surface area contributed by atoms with E-state index in [1.54, 1.807) is 22.7 Å². The molecule has 0 aliphatic rings. The van der Waals surface area contributed by atoms with Crippen molar-refractivity contribution in [3.8, 4) is 0 Å². The van der Waals surface area contributed by atoms with E-state index in [-0.39, 0.29) is 62.8 Å². The summed E-state index contributed by atoms with van der Waals surface area (Å²) in [5.74, 6) is 0. The van der Waals surface area contributed by atoms with Crippen LogP contribution >= 0.6 is 24.2 Å². The number of nitro benzene ring substituents is 1. The first-order valence-corrected chi connectivity index (χ1v) is 8.63. The monoisotopic (exact) mass is 395 g/mol. The van der Waals surface area contributed by atoms with Gasteiger partial charge in [-0.3, -0.25) is 10.1 Å². The molecule has 0 spiro atoms. The maximum Gasteiger partial charge on any atom is 0.294 e. The molecule has 25 heavy (non-hydrogen) atoms. The first kappa shape index (κ1) is 23.7. The number of hydrogen-bond donors (Lipinski definition) is 4. The quantitative estimate of drug-likeness (QED) is 0.254. The van der Waals surface area contributed by atoms with Crippen molar-refractivity contribution < 1.29 is 20.2 Å². The minimum Gasteiger partial charge on any atom is -0.395 e. The fraction of sp³-hybridized carbons (Fsp3) is 0.600. The second-order valence-corrected chi connectivity index (χ2v) is 6.96. The van der Waals surface area contributed by atoms with Gasteiger partial charge in [0.25, 0.3) is 5.69 Å². The Morgan fingerprint density at radius 3 is 2.24 bits per heavy atom. The molecule has 0 radical (unpaired) electrons. The summed E-state index contributed by atoms with van der Waals surface area (Å²) in [6.45, 7) is 4.40. The summed E-state index contributed by atoms with van der Waals surface area (Å²) in [6.07, 6.45) is 0. The lowest BCUT2D eigenvalue weighted by atomic mass is 10.2. The highest BCUT2D eigenvalue weighted by atomic mass is 35.5. The Morgan fingerprint density at radius 2 is 1.80 bits per heavy atom. The molecule has 0 heterocycles. The lowest BCUT2D eigenvalue weighted by Crippen LogP contribution is -2.30. The molecule has 0 saturated heterocycles. The molecule has 0 atom stereocenters. The molecular weight excluding hydrogens is 370 g/mol. The van der Waals surface area contributed by atoms with Crippen LogP contribution in [0, 0.1) is 10.1 Å². The van der Waals surface area contributed by atoms with Crippen molar-refractivity contribution in [1.29, 1.82) is 0 Å². The first-order chi connectivity index (χ1) is 11.4. The van der Waals surface area contributed by atoms with Gasteiger partial charge in [-0.2, -0.15) is 0 Å². The van der Waals surface area contributed by atoms with E-state index in [9.17, 15) is 20.3 Å². The number of thioether (sulfide) groups is 1. The van der Waals surface area contributed by atoms with Crippen LogP contribution in [0.15, 0.2) is 17.0 Å². The van der Waals surface area contributed by atoms with Crippen molar-refractivity contribution in [2.24, 2.45) is 0 Å². The van der Waals surface area contributed by atoms with Crippen LogP contribution < -0.4 is 10.2 Å². The SMILES string of the molecule is CC(C)Sc1cc(NCCO)c([N+](=O)[O-])cc1N(CCO)CCO.Cl. The van der Waals surface area contributed by atoms with Gasteiger partial charge in [0.15, 0.2) is 0 Å². The van der Waals surface area contributed by atoms with E-state index in [1.165, 1.54) is 6.07 Å². The Hall–Kier alpha value is -1.26. The van der Waals surface area contributed by atoms with Gasteiger partial charge >= 0.3 is 0 Å². The summed E-state index contributed by atoms with van der Waals surface area (Å²) in [6, 6.07) is 3.14.